The number of carboxylic acids is 1. The van der Waals surface area contributed by atoms with Gasteiger partial charge in [-0.05, 0) is 30.7 Å². The Morgan fingerprint density at radius 2 is 2.16 bits per heavy atom. The first-order valence-electron chi connectivity index (χ1n) is 5.55. The Bertz CT molecular complexity index is 596. The Hall–Kier alpha value is -1.89. The van der Waals surface area contributed by atoms with Crippen molar-refractivity contribution in [2.45, 2.75) is 13.3 Å². The van der Waals surface area contributed by atoms with Gasteiger partial charge in [0.05, 0.1) is 11.4 Å². The molecule has 0 aliphatic carbocycles. The monoisotopic (exact) mass is 287 g/mol. The molecule has 0 saturated heterocycles. The van der Waals surface area contributed by atoms with Crippen LogP contribution in [0, 0.1) is 5.82 Å². The molecular formula is C12H14FNO4S. The Balaban J connectivity index is 2.91. The fourth-order valence-corrected chi connectivity index (χ4v) is 2.51. The third-order valence-electron chi connectivity index (χ3n) is 2.15. The molecule has 1 rings (SSSR count). The summed E-state index contributed by atoms with van der Waals surface area (Å²) >= 11 is 0. The standard InChI is InChI=1S/C12H14FNO4S/c1-2-7-19(17,18)14-10-5-3-9(11(13)8-10)4-6-12(15)16/h3-6,8,14H,2,7H2,1H3,(H,15,16). The maximum atomic E-state index is 13.6. The van der Waals surface area contributed by atoms with Crippen LogP contribution in [0.25, 0.3) is 6.08 Å². The van der Waals surface area contributed by atoms with E-state index in [4.69, 9.17) is 5.11 Å². The number of anilines is 1. The second kappa shape index (κ2) is 6.33. The molecule has 0 amide bonds. The van der Waals surface area contributed by atoms with E-state index in [-0.39, 0.29) is 17.0 Å². The topological polar surface area (TPSA) is 83.5 Å². The largest absolute Gasteiger partial charge is 0.478 e. The van der Waals surface area contributed by atoms with Gasteiger partial charge in [0.1, 0.15) is 5.82 Å². The molecule has 0 spiro atoms. The maximum Gasteiger partial charge on any atom is 0.328 e. The van der Waals surface area contributed by atoms with Gasteiger partial charge < -0.3 is 5.11 Å². The van der Waals surface area contributed by atoms with Crippen LogP contribution in [0.15, 0.2) is 24.3 Å². The second-order valence-corrected chi connectivity index (χ2v) is 5.67. The van der Waals surface area contributed by atoms with E-state index in [0.717, 1.165) is 18.2 Å². The summed E-state index contributed by atoms with van der Waals surface area (Å²) in [5.74, 6) is -1.93. The third-order valence-corrected chi connectivity index (χ3v) is 3.64. The van der Waals surface area contributed by atoms with Gasteiger partial charge in [0.25, 0.3) is 0 Å². The summed E-state index contributed by atoms with van der Waals surface area (Å²) in [6, 6.07) is 3.69. The minimum absolute atomic E-state index is 0.0463. The molecule has 5 nitrogen and oxygen atoms in total. The summed E-state index contributed by atoms with van der Waals surface area (Å²) in [4.78, 5) is 10.3. The average molecular weight is 287 g/mol. The molecule has 0 aliphatic heterocycles. The number of aliphatic carboxylic acids is 1. The fourth-order valence-electron chi connectivity index (χ4n) is 1.39. The fraction of sp³-hybridized carbons (Fsp3) is 0.250. The Labute approximate surface area is 110 Å². The zero-order valence-corrected chi connectivity index (χ0v) is 11.1. The molecule has 0 radical (unpaired) electrons. The number of rotatable bonds is 6. The van der Waals surface area contributed by atoms with Gasteiger partial charge in [-0.25, -0.2) is 17.6 Å². The molecular weight excluding hydrogens is 273 g/mol. The van der Waals surface area contributed by atoms with Crippen LogP contribution in [0.5, 0.6) is 0 Å². The highest BCUT2D eigenvalue weighted by atomic mass is 32.2. The van der Waals surface area contributed by atoms with E-state index in [1.165, 1.54) is 12.1 Å². The second-order valence-electron chi connectivity index (χ2n) is 3.83. The number of benzene rings is 1. The van der Waals surface area contributed by atoms with Crippen molar-refractivity contribution in [3.05, 3.63) is 35.7 Å². The lowest BCUT2D eigenvalue weighted by Gasteiger charge is -2.07. The SMILES string of the molecule is CCCS(=O)(=O)Nc1ccc(C=CC(=O)O)c(F)c1. The van der Waals surface area contributed by atoms with Gasteiger partial charge in [-0.3, -0.25) is 4.72 Å². The van der Waals surface area contributed by atoms with Gasteiger partial charge in [-0.2, -0.15) is 0 Å². The van der Waals surface area contributed by atoms with Crippen molar-refractivity contribution in [1.82, 2.24) is 0 Å². The molecule has 0 aromatic heterocycles. The molecule has 1 aromatic carbocycles. The number of carboxylic acid groups (broad SMARTS) is 1. The highest BCUT2D eigenvalue weighted by Crippen LogP contribution is 2.17. The summed E-state index contributed by atoms with van der Waals surface area (Å²) < 4.78 is 38.8. The number of halogens is 1. The van der Waals surface area contributed by atoms with Crippen LogP contribution < -0.4 is 4.72 Å². The molecule has 104 valence electrons. The normalized spacial score (nSPS) is 11.7. The first kappa shape index (κ1) is 15.2. The molecule has 0 bridgehead atoms. The van der Waals surface area contributed by atoms with Gasteiger partial charge in [0, 0.05) is 11.6 Å². The van der Waals surface area contributed by atoms with E-state index < -0.39 is 21.8 Å². The van der Waals surface area contributed by atoms with E-state index in [2.05, 4.69) is 4.72 Å². The van der Waals surface area contributed by atoms with Gasteiger partial charge in [0.2, 0.25) is 10.0 Å². The van der Waals surface area contributed by atoms with Crippen molar-refractivity contribution >= 4 is 27.8 Å². The summed E-state index contributed by atoms with van der Waals surface area (Å²) in [7, 11) is -3.47. The quantitative estimate of drug-likeness (QED) is 0.785. The summed E-state index contributed by atoms with van der Waals surface area (Å²) in [5.41, 5.74) is 0.180. The first-order chi connectivity index (χ1) is 8.84. The molecule has 7 heteroatoms. The van der Waals surface area contributed by atoms with Crippen LogP contribution in [0.2, 0.25) is 0 Å². The third kappa shape index (κ3) is 5.09. The molecule has 19 heavy (non-hydrogen) atoms. The van der Waals surface area contributed by atoms with Crippen LogP contribution in [0.4, 0.5) is 10.1 Å². The van der Waals surface area contributed by atoms with Gasteiger partial charge in [-0.15, -0.1) is 0 Å². The van der Waals surface area contributed by atoms with Crippen LogP contribution in [0.3, 0.4) is 0 Å². The van der Waals surface area contributed by atoms with Crippen molar-refractivity contribution in [2.24, 2.45) is 0 Å². The molecule has 0 aliphatic rings. The lowest BCUT2D eigenvalue weighted by atomic mass is 10.2. The van der Waals surface area contributed by atoms with Gasteiger partial charge >= 0.3 is 5.97 Å². The minimum Gasteiger partial charge on any atom is -0.478 e. The van der Waals surface area contributed by atoms with Crippen molar-refractivity contribution in [2.75, 3.05) is 10.5 Å². The number of sulfonamides is 1. The molecule has 1 aromatic rings. The number of hydrogen-bond donors (Lipinski definition) is 2. The van der Waals surface area contributed by atoms with Gasteiger partial charge in [0.15, 0.2) is 0 Å². The Kier molecular flexibility index (Phi) is 5.05. The van der Waals surface area contributed by atoms with Crippen LogP contribution in [-0.2, 0) is 14.8 Å². The van der Waals surface area contributed by atoms with Crippen molar-refractivity contribution in [3.8, 4) is 0 Å². The van der Waals surface area contributed by atoms with Crippen LogP contribution in [-0.4, -0.2) is 25.2 Å². The van der Waals surface area contributed by atoms with Gasteiger partial charge in [-0.1, -0.05) is 6.92 Å². The predicted molar refractivity (Wildman–Crippen MR) is 70.8 cm³/mol. The zero-order chi connectivity index (χ0) is 14.5. The van der Waals surface area contributed by atoms with E-state index in [1.807, 2.05) is 0 Å². The van der Waals surface area contributed by atoms with E-state index in [9.17, 15) is 17.6 Å². The number of carbonyl (C=O) groups is 1. The maximum absolute atomic E-state index is 13.6. The lowest BCUT2D eigenvalue weighted by Crippen LogP contribution is -2.16. The lowest BCUT2D eigenvalue weighted by molar-refractivity contribution is -0.131. The van der Waals surface area contributed by atoms with Crippen LogP contribution in [0.1, 0.15) is 18.9 Å². The Morgan fingerprint density at radius 3 is 2.68 bits per heavy atom. The summed E-state index contributed by atoms with van der Waals surface area (Å²) in [5, 5.41) is 8.43. The summed E-state index contributed by atoms with van der Waals surface area (Å²) in [6.07, 6.45) is 2.36. The molecule has 2 N–H and O–H groups in total. The molecule has 0 unspecified atom stereocenters. The zero-order valence-electron chi connectivity index (χ0n) is 10.3. The van der Waals surface area contributed by atoms with Crippen LogP contribution >= 0.6 is 0 Å². The molecule has 0 saturated carbocycles. The van der Waals surface area contributed by atoms with Crippen molar-refractivity contribution in [3.63, 3.8) is 0 Å². The summed E-state index contributed by atoms with van der Waals surface area (Å²) in [6.45, 7) is 1.72. The average Bonchev–Trinajstić information content (AvgIpc) is 2.26. The van der Waals surface area contributed by atoms with E-state index >= 15 is 0 Å². The molecule has 0 atom stereocenters. The highest BCUT2D eigenvalue weighted by molar-refractivity contribution is 7.92. The smallest absolute Gasteiger partial charge is 0.328 e. The first-order valence-corrected chi connectivity index (χ1v) is 7.20. The van der Waals surface area contributed by atoms with Crippen molar-refractivity contribution < 1.29 is 22.7 Å². The minimum atomic E-state index is -3.47. The van der Waals surface area contributed by atoms with Crippen molar-refractivity contribution in [1.29, 1.82) is 0 Å². The molecule has 0 heterocycles. The highest BCUT2D eigenvalue weighted by Gasteiger charge is 2.10. The number of hydrogen-bond acceptors (Lipinski definition) is 3. The Morgan fingerprint density at radius 1 is 1.47 bits per heavy atom. The molecule has 0 fully saturated rings. The number of nitrogens with one attached hydrogen (secondary N) is 1. The van der Waals surface area contributed by atoms with E-state index in [0.29, 0.717) is 6.42 Å². The van der Waals surface area contributed by atoms with E-state index in [1.54, 1.807) is 6.92 Å². The predicted octanol–water partition coefficient (Wildman–Crippen LogP) is 2.08.